The van der Waals surface area contributed by atoms with Gasteiger partial charge in [-0.15, -0.1) is 0 Å². The molecule has 0 aliphatic carbocycles. The van der Waals surface area contributed by atoms with Gasteiger partial charge in [0.15, 0.2) is 11.6 Å². The minimum absolute atomic E-state index is 0.236. The topological polar surface area (TPSA) is 35.2 Å². The van der Waals surface area contributed by atoms with Crippen LogP contribution in [-0.4, -0.2) is 13.2 Å². The Hall–Kier alpha value is -1.00. The van der Waals surface area contributed by atoms with E-state index in [0.717, 1.165) is 12.1 Å². The summed E-state index contributed by atoms with van der Waals surface area (Å²) in [6.07, 6.45) is -0.236. The molecule has 0 heterocycles. The van der Waals surface area contributed by atoms with Crippen molar-refractivity contribution in [3.8, 4) is 0 Å². The highest BCUT2D eigenvalue weighted by molar-refractivity contribution is 5.21. The van der Waals surface area contributed by atoms with Crippen molar-refractivity contribution < 1.29 is 13.5 Å². The molecule has 1 rings (SSSR count). The molecule has 1 aromatic carbocycles. The third-order valence-electron chi connectivity index (χ3n) is 2.21. The highest BCUT2D eigenvalue weighted by atomic mass is 19.2. The molecule has 78 valence electrons. The van der Waals surface area contributed by atoms with E-state index >= 15 is 0 Å². The number of rotatable bonds is 3. The molecule has 2 N–H and O–H groups in total. The molecular formula is C10H13F2NO. The van der Waals surface area contributed by atoms with Crippen LogP contribution in [0.2, 0.25) is 0 Å². The van der Waals surface area contributed by atoms with Crippen molar-refractivity contribution in [3.63, 3.8) is 0 Å². The van der Waals surface area contributed by atoms with Gasteiger partial charge in [0, 0.05) is 7.11 Å². The van der Waals surface area contributed by atoms with E-state index in [2.05, 4.69) is 0 Å². The fourth-order valence-electron chi connectivity index (χ4n) is 1.14. The molecule has 2 nitrogen and oxygen atoms in total. The first-order valence-electron chi connectivity index (χ1n) is 4.29. The van der Waals surface area contributed by atoms with Crippen LogP contribution in [0.3, 0.4) is 0 Å². The van der Waals surface area contributed by atoms with Crippen LogP contribution < -0.4 is 5.73 Å². The van der Waals surface area contributed by atoms with Gasteiger partial charge in [-0.3, -0.25) is 0 Å². The van der Waals surface area contributed by atoms with Gasteiger partial charge in [0.1, 0.15) is 0 Å². The van der Waals surface area contributed by atoms with E-state index in [1.54, 1.807) is 6.92 Å². The Labute approximate surface area is 81.7 Å². The lowest BCUT2D eigenvalue weighted by atomic mass is 10.0. The summed E-state index contributed by atoms with van der Waals surface area (Å²) in [5.74, 6) is -1.76. The SMILES string of the molecule is COC(C)C(N)c1ccc(F)c(F)c1. The van der Waals surface area contributed by atoms with E-state index < -0.39 is 17.7 Å². The normalized spacial score (nSPS) is 15.2. The molecule has 2 atom stereocenters. The van der Waals surface area contributed by atoms with Gasteiger partial charge in [0.2, 0.25) is 0 Å². The molecule has 0 aliphatic rings. The zero-order valence-electron chi connectivity index (χ0n) is 8.13. The third kappa shape index (κ3) is 2.27. The summed E-state index contributed by atoms with van der Waals surface area (Å²) in [7, 11) is 1.52. The van der Waals surface area contributed by atoms with Crippen molar-refractivity contribution in [1.29, 1.82) is 0 Å². The van der Waals surface area contributed by atoms with Crippen molar-refractivity contribution in [2.24, 2.45) is 5.73 Å². The van der Waals surface area contributed by atoms with Crippen molar-refractivity contribution >= 4 is 0 Å². The second-order valence-corrected chi connectivity index (χ2v) is 3.14. The number of hydrogen-bond donors (Lipinski definition) is 1. The maximum absolute atomic E-state index is 12.8. The van der Waals surface area contributed by atoms with Gasteiger partial charge in [0.25, 0.3) is 0 Å². The standard InChI is InChI=1S/C10H13F2NO/c1-6(14-2)10(13)7-3-4-8(11)9(12)5-7/h3-6,10H,13H2,1-2H3. The van der Waals surface area contributed by atoms with Gasteiger partial charge in [0.05, 0.1) is 12.1 Å². The molecule has 0 saturated heterocycles. The van der Waals surface area contributed by atoms with Crippen LogP contribution in [0.15, 0.2) is 18.2 Å². The van der Waals surface area contributed by atoms with Crippen LogP contribution in [0, 0.1) is 11.6 Å². The second-order valence-electron chi connectivity index (χ2n) is 3.14. The van der Waals surface area contributed by atoms with Crippen LogP contribution in [0.25, 0.3) is 0 Å². The number of nitrogens with two attached hydrogens (primary N) is 1. The summed E-state index contributed by atoms with van der Waals surface area (Å²) in [4.78, 5) is 0. The van der Waals surface area contributed by atoms with E-state index in [1.165, 1.54) is 13.2 Å². The quantitative estimate of drug-likeness (QED) is 0.811. The van der Waals surface area contributed by atoms with Crippen molar-refractivity contribution in [2.45, 2.75) is 19.1 Å². The van der Waals surface area contributed by atoms with Crippen molar-refractivity contribution in [3.05, 3.63) is 35.4 Å². The van der Waals surface area contributed by atoms with Crippen LogP contribution >= 0.6 is 0 Å². The summed E-state index contributed by atoms with van der Waals surface area (Å²) >= 11 is 0. The highest BCUT2D eigenvalue weighted by Gasteiger charge is 2.15. The first-order chi connectivity index (χ1) is 6.56. The molecule has 0 saturated carbocycles. The zero-order chi connectivity index (χ0) is 10.7. The largest absolute Gasteiger partial charge is 0.380 e. The van der Waals surface area contributed by atoms with Gasteiger partial charge in [-0.2, -0.15) is 0 Å². The second kappa shape index (κ2) is 4.48. The monoisotopic (exact) mass is 201 g/mol. The average Bonchev–Trinajstić information content (AvgIpc) is 2.20. The first-order valence-corrected chi connectivity index (χ1v) is 4.29. The summed E-state index contributed by atoms with van der Waals surface area (Å²) < 4.78 is 30.4. The predicted molar refractivity (Wildman–Crippen MR) is 49.8 cm³/mol. The Morgan fingerprint density at radius 2 is 1.93 bits per heavy atom. The fraction of sp³-hybridized carbons (Fsp3) is 0.400. The van der Waals surface area contributed by atoms with Gasteiger partial charge in [-0.1, -0.05) is 6.07 Å². The average molecular weight is 201 g/mol. The number of halogens is 2. The number of methoxy groups -OCH3 is 1. The van der Waals surface area contributed by atoms with Crippen LogP contribution in [0.5, 0.6) is 0 Å². The summed E-state index contributed by atoms with van der Waals surface area (Å²) in [5, 5.41) is 0. The lowest BCUT2D eigenvalue weighted by molar-refractivity contribution is 0.0955. The van der Waals surface area contributed by atoms with Gasteiger partial charge >= 0.3 is 0 Å². The van der Waals surface area contributed by atoms with Crippen LogP contribution in [0.1, 0.15) is 18.5 Å². The molecule has 0 aromatic heterocycles. The first kappa shape index (κ1) is 11.1. The Bertz CT molecular complexity index is 317. The molecule has 2 unspecified atom stereocenters. The summed E-state index contributed by atoms with van der Waals surface area (Å²) in [6.45, 7) is 1.77. The molecular weight excluding hydrogens is 188 g/mol. The minimum Gasteiger partial charge on any atom is -0.380 e. The number of ether oxygens (including phenoxy) is 1. The van der Waals surface area contributed by atoms with Crippen molar-refractivity contribution in [2.75, 3.05) is 7.11 Å². The van der Waals surface area contributed by atoms with E-state index in [-0.39, 0.29) is 6.10 Å². The number of benzene rings is 1. The molecule has 0 fully saturated rings. The van der Waals surface area contributed by atoms with E-state index in [9.17, 15) is 8.78 Å². The smallest absolute Gasteiger partial charge is 0.159 e. The van der Waals surface area contributed by atoms with Gasteiger partial charge in [-0.25, -0.2) is 8.78 Å². The molecule has 0 spiro atoms. The molecule has 4 heteroatoms. The lowest BCUT2D eigenvalue weighted by Crippen LogP contribution is -2.25. The van der Waals surface area contributed by atoms with E-state index in [4.69, 9.17) is 10.5 Å². The molecule has 14 heavy (non-hydrogen) atoms. The molecule has 0 amide bonds. The van der Waals surface area contributed by atoms with Crippen LogP contribution in [-0.2, 0) is 4.74 Å². The Morgan fingerprint density at radius 1 is 1.29 bits per heavy atom. The zero-order valence-corrected chi connectivity index (χ0v) is 8.13. The Balaban J connectivity index is 2.91. The third-order valence-corrected chi connectivity index (χ3v) is 2.21. The maximum Gasteiger partial charge on any atom is 0.159 e. The summed E-state index contributed by atoms with van der Waals surface area (Å²) in [5.41, 5.74) is 6.28. The maximum atomic E-state index is 12.8. The Kier molecular flexibility index (Phi) is 3.55. The minimum atomic E-state index is -0.888. The molecule has 0 bridgehead atoms. The van der Waals surface area contributed by atoms with Gasteiger partial charge < -0.3 is 10.5 Å². The number of hydrogen-bond acceptors (Lipinski definition) is 2. The van der Waals surface area contributed by atoms with Gasteiger partial charge in [-0.05, 0) is 24.6 Å². The van der Waals surface area contributed by atoms with Crippen LogP contribution in [0.4, 0.5) is 8.78 Å². The predicted octanol–water partition coefficient (Wildman–Crippen LogP) is 2.00. The molecule has 0 radical (unpaired) electrons. The molecule has 1 aromatic rings. The summed E-state index contributed by atoms with van der Waals surface area (Å²) in [6, 6.07) is 3.16. The van der Waals surface area contributed by atoms with Crippen molar-refractivity contribution in [1.82, 2.24) is 0 Å². The molecule has 0 aliphatic heterocycles. The highest BCUT2D eigenvalue weighted by Crippen LogP contribution is 2.18. The fourth-order valence-corrected chi connectivity index (χ4v) is 1.14. The lowest BCUT2D eigenvalue weighted by Gasteiger charge is -2.18. The van der Waals surface area contributed by atoms with E-state index in [0.29, 0.717) is 5.56 Å². The van der Waals surface area contributed by atoms with E-state index in [1.807, 2.05) is 0 Å². The Morgan fingerprint density at radius 3 is 2.43 bits per heavy atom.